The maximum atomic E-state index is 12.9. The number of benzene rings is 3. The van der Waals surface area contributed by atoms with Crippen molar-refractivity contribution in [1.82, 2.24) is 10.6 Å². The highest BCUT2D eigenvalue weighted by atomic mass is 32.1. The molecule has 4 rings (SSSR count). The molecular weight excluding hydrogens is 470 g/mol. The van der Waals surface area contributed by atoms with Crippen molar-refractivity contribution in [3.8, 4) is 11.1 Å². The molecule has 1 aliphatic carbocycles. The Bertz CT molecular complexity index is 1230. The number of nitrogens with zero attached hydrogens (tertiary/aromatic N) is 1. The van der Waals surface area contributed by atoms with Crippen LogP contribution in [0.4, 0.5) is 10.5 Å². The molecule has 3 aromatic carbocycles. The molecule has 6 nitrogen and oxygen atoms in total. The second kappa shape index (κ2) is 10.5. The highest BCUT2D eigenvalue weighted by Gasteiger charge is 2.32. The lowest BCUT2D eigenvalue weighted by Gasteiger charge is -2.34. The number of hydrogen-bond donors (Lipinski definition) is 2. The molecule has 0 aliphatic heterocycles. The van der Waals surface area contributed by atoms with Gasteiger partial charge in [-0.1, -0.05) is 78.9 Å². The van der Waals surface area contributed by atoms with Crippen LogP contribution in [0.5, 0.6) is 0 Å². The monoisotopic (exact) mass is 501 g/mol. The summed E-state index contributed by atoms with van der Waals surface area (Å²) in [4.78, 5) is 27.9. The van der Waals surface area contributed by atoms with E-state index in [1.807, 2.05) is 80.4 Å². The van der Waals surface area contributed by atoms with Crippen LogP contribution in [-0.2, 0) is 9.53 Å². The molecule has 2 N–H and O–H groups in total. The van der Waals surface area contributed by atoms with Crippen LogP contribution in [0.1, 0.15) is 37.8 Å². The molecule has 0 saturated carbocycles. The molecule has 0 heterocycles. The maximum absolute atomic E-state index is 12.9. The van der Waals surface area contributed by atoms with Crippen molar-refractivity contribution in [1.29, 1.82) is 0 Å². The Labute approximate surface area is 217 Å². The summed E-state index contributed by atoms with van der Waals surface area (Å²) in [5.74, 6) is -0.394. The molecule has 1 aliphatic rings. The van der Waals surface area contributed by atoms with Gasteiger partial charge in [0, 0.05) is 18.7 Å². The van der Waals surface area contributed by atoms with Crippen molar-refractivity contribution in [3.63, 3.8) is 0 Å². The van der Waals surface area contributed by atoms with Crippen molar-refractivity contribution in [2.45, 2.75) is 38.3 Å². The van der Waals surface area contributed by atoms with E-state index in [-0.39, 0.29) is 18.4 Å². The van der Waals surface area contributed by atoms with Gasteiger partial charge in [0.15, 0.2) is 0 Å². The van der Waals surface area contributed by atoms with Crippen molar-refractivity contribution in [2.24, 2.45) is 0 Å². The van der Waals surface area contributed by atoms with Crippen molar-refractivity contribution >= 4 is 34.9 Å². The van der Waals surface area contributed by atoms with Gasteiger partial charge in [-0.2, -0.15) is 0 Å². The van der Waals surface area contributed by atoms with E-state index in [9.17, 15) is 9.59 Å². The van der Waals surface area contributed by atoms with Crippen molar-refractivity contribution in [2.75, 3.05) is 18.6 Å². The first-order valence-electron chi connectivity index (χ1n) is 12.0. The average molecular weight is 502 g/mol. The van der Waals surface area contributed by atoms with Gasteiger partial charge in [0.1, 0.15) is 17.6 Å². The summed E-state index contributed by atoms with van der Waals surface area (Å²) in [6.07, 6.45) is -0.638. The summed E-state index contributed by atoms with van der Waals surface area (Å²) >= 11 is 5.65. The number of para-hydroxylation sites is 1. The minimum atomic E-state index is -0.811. The van der Waals surface area contributed by atoms with E-state index in [1.165, 1.54) is 0 Å². The minimum Gasteiger partial charge on any atom is -0.449 e. The third-order valence-corrected chi connectivity index (χ3v) is 7.27. The summed E-state index contributed by atoms with van der Waals surface area (Å²) < 4.78 is 5.57. The number of nitrogens with one attached hydrogen (secondary N) is 2. The number of carbonyl (C=O) groups is 2. The molecule has 2 amide bonds. The molecule has 7 heteroatoms. The van der Waals surface area contributed by atoms with E-state index in [1.54, 1.807) is 6.92 Å². The van der Waals surface area contributed by atoms with Crippen LogP contribution in [0.15, 0.2) is 78.9 Å². The van der Waals surface area contributed by atoms with Gasteiger partial charge in [-0.25, -0.2) is 4.79 Å². The number of rotatable bonds is 7. The van der Waals surface area contributed by atoms with Gasteiger partial charge in [0.25, 0.3) is 0 Å². The summed E-state index contributed by atoms with van der Waals surface area (Å²) in [5.41, 5.74) is 4.70. The molecule has 0 radical (unpaired) electrons. The normalized spacial score (nSPS) is 13.2. The second-order valence-electron chi connectivity index (χ2n) is 9.51. The average Bonchev–Trinajstić information content (AvgIpc) is 3.20. The van der Waals surface area contributed by atoms with Gasteiger partial charge < -0.3 is 20.3 Å². The Hall–Kier alpha value is -3.71. The van der Waals surface area contributed by atoms with Crippen LogP contribution in [0.25, 0.3) is 11.1 Å². The summed E-state index contributed by atoms with van der Waals surface area (Å²) in [6, 6.07) is 25.2. The maximum Gasteiger partial charge on any atom is 0.407 e. The number of hydrogen-bond acceptors (Lipinski definition) is 4. The Kier molecular flexibility index (Phi) is 7.40. The van der Waals surface area contributed by atoms with E-state index in [4.69, 9.17) is 17.0 Å². The predicted octanol–water partition coefficient (Wildman–Crippen LogP) is 5.27. The smallest absolute Gasteiger partial charge is 0.407 e. The van der Waals surface area contributed by atoms with E-state index in [0.717, 1.165) is 27.9 Å². The Morgan fingerprint density at radius 1 is 0.944 bits per heavy atom. The highest BCUT2D eigenvalue weighted by Crippen LogP contribution is 2.44. The molecule has 0 fully saturated rings. The molecule has 186 valence electrons. The van der Waals surface area contributed by atoms with Crippen LogP contribution < -0.4 is 15.5 Å². The van der Waals surface area contributed by atoms with E-state index >= 15 is 0 Å². The number of carbonyl (C=O) groups excluding carboxylic acids is 2. The molecular formula is C29H31N3O3S. The van der Waals surface area contributed by atoms with Gasteiger partial charge in [0.05, 0.1) is 5.54 Å². The molecule has 1 atom stereocenters. The third-order valence-electron chi connectivity index (χ3n) is 6.49. The quantitative estimate of drug-likeness (QED) is 0.432. The summed E-state index contributed by atoms with van der Waals surface area (Å²) in [5, 5.41) is 5.59. The Balaban J connectivity index is 1.33. The fourth-order valence-corrected chi connectivity index (χ4v) is 4.70. The number of thiocarbonyl (C=S) groups is 1. The number of fused-ring (bicyclic) bond motifs is 3. The Morgan fingerprint density at radius 3 is 2.06 bits per heavy atom. The van der Waals surface area contributed by atoms with E-state index in [0.29, 0.717) is 4.99 Å². The van der Waals surface area contributed by atoms with Crippen LogP contribution in [0.2, 0.25) is 0 Å². The third kappa shape index (κ3) is 5.26. The van der Waals surface area contributed by atoms with E-state index in [2.05, 4.69) is 34.9 Å². The molecule has 3 aromatic rings. The van der Waals surface area contributed by atoms with Crippen molar-refractivity contribution in [3.05, 3.63) is 90.0 Å². The SMILES string of the molecule is C[C@H](NC(=O)OCC1c2ccccc2-c2ccccc21)C(=O)NC(C)(C)C(=S)N(C)c1ccccc1. The van der Waals surface area contributed by atoms with Gasteiger partial charge in [-0.15, -0.1) is 0 Å². The number of amides is 2. The van der Waals surface area contributed by atoms with Gasteiger partial charge in [-0.05, 0) is 55.2 Å². The lowest BCUT2D eigenvalue weighted by Crippen LogP contribution is -2.58. The lowest BCUT2D eigenvalue weighted by atomic mass is 9.98. The minimum absolute atomic E-state index is 0.0443. The van der Waals surface area contributed by atoms with Crippen LogP contribution >= 0.6 is 12.2 Å². The fraction of sp³-hybridized carbons (Fsp3) is 0.276. The Morgan fingerprint density at radius 2 is 1.47 bits per heavy atom. The summed E-state index contributed by atoms with van der Waals surface area (Å²) in [7, 11) is 1.87. The number of anilines is 1. The summed E-state index contributed by atoms with van der Waals surface area (Å²) in [6.45, 7) is 5.49. The lowest BCUT2D eigenvalue weighted by molar-refractivity contribution is -0.123. The molecule has 0 unspecified atom stereocenters. The molecule has 0 aromatic heterocycles. The number of likely N-dealkylation sites (N-methyl/N-ethyl adjacent to an activating group) is 1. The predicted molar refractivity (Wildman–Crippen MR) is 147 cm³/mol. The largest absolute Gasteiger partial charge is 0.449 e. The number of alkyl carbamates (subject to hydrolysis) is 1. The number of ether oxygens (including phenoxy) is 1. The zero-order valence-corrected chi connectivity index (χ0v) is 21.8. The highest BCUT2D eigenvalue weighted by molar-refractivity contribution is 7.80. The standard InChI is InChI=1S/C29H31N3O3S/c1-19(26(33)31-29(2,3)27(36)32(4)20-12-6-5-7-13-20)30-28(34)35-18-25-23-16-10-8-14-21(23)22-15-9-11-17-24(22)25/h5-17,19,25H,18H2,1-4H3,(H,30,34)(H,31,33)/t19-/m0/s1. The molecule has 0 spiro atoms. The van der Waals surface area contributed by atoms with Crippen molar-refractivity contribution < 1.29 is 14.3 Å². The molecule has 36 heavy (non-hydrogen) atoms. The first-order valence-corrected chi connectivity index (χ1v) is 12.4. The first-order chi connectivity index (χ1) is 17.2. The zero-order chi connectivity index (χ0) is 25.9. The fourth-order valence-electron chi connectivity index (χ4n) is 4.54. The van der Waals surface area contributed by atoms with Crippen LogP contribution in [0.3, 0.4) is 0 Å². The van der Waals surface area contributed by atoms with Crippen LogP contribution in [-0.4, -0.2) is 42.2 Å². The van der Waals surface area contributed by atoms with Gasteiger partial charge in [0.2, 0.25) is 5.91 Å². The topological polar surface area (TPSA) is 70.7 Å². The van der Waals surface area contributed by atoms with Crippen LogP contribution in [0, 0.1) is 0 Å². The first kappa shape index (κ1) is 25.4. The van der Waals surface area contributed by atoms with E-state index < -0.39 is 17.7 Å². The second-order valence-corrected chi connectivity index (χ2v) is 9.89. The molecule has 0 bridgehead atoms. The van der Waals surface area contributed by atoms with Gasteiger partial charge in [-0.3, -0.25) is 4.79 Å². The molecule has 0 saturated heterocycles. The van der Waals surface area contributed by atoms with Gasteiger partial charge >= 0.3 is 6.09 Å². The zero-order valence-electron chi connectivity index (χ0n) is 20.9.